The van der Waals surface area contributed by atoms with Gasteiger partial charge in [0.1, 0.15) is 0 Å². The predicted octanol–water partition coefficient (Wildman–Crippen LogP) is 1.55. The van der Waals surface area contributed by atoms with E-state index in [1.165, 1.54) is 36.4 Å². The Balaban J connectivity index is 1.89. The van der Waals surface area contributed by atoms with Gasteiger partial charge in [-0.05, 0) is 50.3 Å². The fraction of sp³-hybridized carbons (Fsp3) is 0.727. The van der Waals surface area contributed by atoms with E-state index in [1.807, 2.05) is 0 Å². The highest BCUT2D eigenvalue weighted by Gasteiger charge is 2.32. The van der Waals surface area contributed by atoms with Gasteiger partial charge in [-0.3, -0.25) is 4.90 Å². The zero-order valence-electron chi connectivity index (χ0n) is 8.85. The van der Waals surface area contributed by atoms with E-state index in [0.29, 0.717) is 12.1 Å². The van der Waals surface area contributed by atoms with Crippen LogP contribution in [0.2, 0.25) is 0 Å². The summed E-state index contributed by atoms with van der Waals surface area (Å²) in [4.78, 5) is 4.01. The molecule has 2 unspecified atom stereocenters. The van der Waals surface area contributed by atoms with E-state index in [0.717, 1.165) is 12.8 Å². The van der Waals surface area contributed by atoms with E-state index in [9.17, 15) is 0 Å². The van der Waals surface area contributed by atoms with Gasteiger partial charge in [0, 0.05) is 28.7 Å². The third kappa shape index (κ3) is 1.71. The minimum absolute atomic E-state index is 0.337. The molecule has 15 heavy (non-hydrogen) atoms. The molecule has 0 spiro atoms. The first-order valence-corrected chi connectivity index (χ1v) is 6.55. The molecule has 0 radical (unpaired) electrons. The van der Waals surface area contributed by atoms with Crippen molar-refractivity contribution < 1.29 is 0 Å². The van der Waals surface area contributed by atoms with Gasteiger partial charge in [-0.25, -0.2) is 4.37 Å². The SMILES string of the molecule is NC1Cc2sncc2C(N2CCCC2)C1. The fourth-order valence-corrected chi connectivity index (χ4v) is 3.71. The van der Waals surface area contributed by atoms with Crippen LogP contribution in [0.1, 0.15) is 35.7 Å². The van der Waals surface area contributed by atoms with Crippen molar-refractivity contribution in [2.45, 2.75) is 37.8 Å². The Labute approximate surface area is 94.4 Å². The molecule has 1 fully saturated rings. The zero-order valence-corrected chi connectivity index (χ0v) is 9.67. The molecule has 3 rings (SSSR count). The lowest BCUT2D eigenvalue weighted by atomic mass is 9.90. The number of nitrogens with zero attached hydrogens (tertiary/aromatic N) is 2. The number of nitrogens with two attached hydrogens (primary N) is 1. The molecular formula is C11H17N3S. The number of hydrogen-bond acceptors (Lipinski definition) is 4. The van der Waals surface area contributed by atoms with Crippen LogP contribution in [0.4, 0.5) is 0 Å². The third-order valence-corrected chi connectivity index (χ3v) is 4.42. The molecule has 1 saturated heterocycles. The second-order valence-electron chi connectivity index (χ2n) is 4.66. The largest absolute Gasteiger partial charge is 0.327 e. The standard InChI is InChI=1S/C11H17N3S/c12-8-5-10(14-3-1-2-4-14)9-7-13-15-11(9)6-8/h7-8,10H,1-6,12H2. The van der Waals surface area contributed by atoms with Crippen molar-refractivity contribution in [1.82, 2.24) is 9.27 Å². The third-order valence-electron chi connectivity index (χ3n) is 3.59. The van der Waals surface area contributed by atoms with Crippen molar-refractivity contribution in [3.05, 3.63) is 16.6 Å². The number of fused-ring (bicyclic) bond motifs is 1. The summed E-state index contributed by atoms with van der Waals surface area (Å²) < 4.78 is 4.32. The lowest BCUT2D eigenvalue weighted by molar-refractivity contribution is 0.213. The van der Waals surface area contributed by atoms with Crippen LogP contribution < -0.4 is 5.73 Å². The van der Waals surface area contributed by atoms with Gasteiger partial charge in [-0.15, -0.1) is 0 Å². The first-order valence-electron chi connectivity index (χ1n) is 5.77. The molecule has 2 aliphatic rings. The van der Waals surface area contributed by atoms with E-state index < -0.39 is 0 Å². The van der Waals surface area contributed by atoms with E-state index in [2.05, 4.69) is 15.5 Å². The quantitative estimate of drug-likeness (QED) is 0.785. The van der Waals surface area contributed by atoms with Crippen LogP contribution in [0.15, 0.2) is 6.20 Å². The first-order chi connectivity index (χ1) is 7.34. The summed E-state index contributed by atoms with van der Waals surface area (Å²) in [6, 6.07) is 0.897. The molecule has 0 bridgehead atoms. The molecular weight excluding hydrogens is 206 g/mol. The maximum absolute atomic E-state index is 6.12. The number of rotatable bonds is 1. The van der Waals surface area contributed by atoms with Crippen LogP contribution in [0.25, 0.3) is 0 Å². The molecule has 3 nitrogen and oxygen atoms in total. The summed E-state index contributed by atoms with van der Waals surface area (Å²) in [5, 5.41) is 0. The average Bonchev–Trinajstić information content (AvgIpc) is 2.86. The van der Waals surface area contributed by atoms with Crippen LogP contribution in [0, 0.1) is 0 Å². The fourth-order valence-electron chi connectivity index (χ4n) is 2.83. The van der Waals surface area contributed by atoms with E-state index in [1.54, 1.807) is 11.5 Å². The second kappa shape index (κ2) is 3.85. The van der Waals surface area contributed by atoms with Crippen molar-refractivity contribution >= 4 is 11.5 Å². The van der Waals surface area contributed by atoms with Crippen LogP contribution in [0.3, 0.4) is 0 Å². The summed E-state index contributed by atoms with van der Waals surface area (Å²) in [7, 11) is 0. The van der Waals surface area contributed by atoms with Crippen molar-refractivity contribution in [3.63, 3.8) is 0 Å². The van der Waals surface area contributed by atoms with Gasteiger partial charge in [0.15, 0.2) is 0 Å². The Morgan fingerprint density at radius 2 is 2.20 bits per heavy atom. The van der Waals surface area contributed by atoms with Crippen molar-refractivity contribution in [1.29, 1.82) is 0 Å². The summed E-state index contributed by atoms with van der Waals surface area (Å²) in [5.74, 6) is 0. The number of likely N-dealkylation sites (tertiary alicyclic amines) is 1. The monoisotopic (exact) mass is 223 g/mol. The van der Waals surface area contributed by atoms with Crippen LogP contribution in [-0.2, 0) is 6.42 Å². The molecule has 2 atom stereocenters. The Bertz CT molecular complexity index is 343. The molecule has 82 valence electrons. The highest BCUT2D eigenvalue weighted by atomic mass is 32.1. The number of aromatic nitrogens is 1. The van der Waals surface area contributed by atoms with Crippen molar-refractivity contribution in [2.24, 2.45) is 5.73 Å². The maximum Gasteiger partial charge on any atom is 0.0457 e. The molecule has 1 aromatic heterocycles. The lowest BCUT2D eigenvalue weighted by Crippen LogP contribution is -2.36. The summed E-state index contributed by atoms with van der Waals surface area (Å²) >= 11 is 1.63. The molecule has 0 saturated carbocycles. The molecule has 1 aromatic rings. The molecule has 4 heteroatoms. The van der Waals surface area contributed by atoms with Gasteiger partial charge < -0.3 is 5.73 Å². The maximum atomic E-state index is 6.12. The Morgan fingerprint density at radius 1 is 1.40 bits per heavy atom. The Hall–Kier alpha value is -0.450. The van der Waals surface area contributed by atoms with E-state index >= 15 is 0 Å². The van der Waals surface area contributed by atoms with Crippen molar-refractivity contribution in [2.75, 3.05) is 13.1 Å². The molecule has 1 aliphatic carbocycles. The van der Waals surface area contributed by atoms with Gasteiger partial charge in [-0.1, -0.05) is 0 Å². The van der Waals surface area contributed by atoms with Gasteiger partial charge >= 0.3 is 0 Å². The second-order valence-corrected chi connectivity index (χ2v) is 5.55. The Kier molecular flexibility index (Phi) is 2.50. The smallest absolute Gasteiger partial charge is 0.0457 e. The highest BCUT2D eigenvalue weighted by molar-refractivity contribution is 7.05. The van der Waals surface area contributed by atoms with Gasteiger partial charge in [0.25, 0.3) is 0 Å². The van der Waals surface area contributed by atoms with E-state index in [-0.39, 0.29) is 0 Å². The highest BCUT2D eigenvalue weighted by Crippen LogP contribution is 2.37. The van der Waals surface area contributed by atoms with Crippen LogP contribution in [-0.4, -0.2) is 28.4 Å². The minimum Gasteiger partial charge on any atom is -0.327 e. The molecule has 2 N–H and O–H groups in total. The summed E-state index contributed by atoms with van der Waals surface area (Å²) in [6.07, 6.45) is 6.90. The molecule has 1 aliphatic heterocycles. The number of hydrogen-bond donors (Lipinski definition) is 1. The van der Waals surface area contributed by atoms with E-state index in [4.69, 9.17) is 5.73 Å². The minimum atomic E-state index is 0.337. The van der Waals surface area contributed by atoms with Crippen LogP contribution >= 0.6 is 11.5 Å². The van der Waals surface area contributed by atoms with Crippen molar-refractivity contribution in [3.8, 4) is 0 Å². The van der Waals surface area contributed by atoms with Gasteiger partial charge in [-0.2, -0.15) is 0 Å². The summed E-state index contributed by atoms with van der Waals surface area (Å²) in [6.45, 7) is 2.49. The predicted molar refractivity (Wildman–Crippen MR) is 62.0 cm³/mol. The first kappa shape index (κ1) is 9.75. The van der Waals surface area contributed by atoms with Gasteiger partial charge in [0.05, 0.1) is 0 Å². The molecule has 0 amide bonds. The Morgan fingerprint density at radius 3 is 3.00 bits per heavy atom. The molecule has 2 heterocycles. The average molecular weight is 223 g/mol. The summed E-state index contributed by atoms with van der Waals surface area (Å²) in [5.41, 5.74) is 7.58. The normalized spacial score (nSPS) is 31.8. The zero-order chi connectivity index (χ0) is 10.3. The lowest BCUT2D eigenvalue weighted by Gasteiger charge is -2.33. The van der Waals surface area contributed by atoms with Crippen LogP contribution in [0.5, 0.6) is 0 Å². The molecule has 0 aromatic carbocycles. The van der Waals surface area contributed by atoms with Gasteiger partial charge in [0.2, 0.25) is 0 Å². The topological polar surface area (TPSA) is 42.1 Å².